The number of hydrogen-bond donors (Lipinski definition) is 2. The van der Waals surface area contributed by atoms with Crippen molar-refractivity contribution in [2.45, 2.75) is 46.1 Å². The number of hydrogen-bond acceptors (Lipinski definition) is 4. The minimum atomic E-state index is -0.537. The van der Waals surface area contributed by atoms with Crippen molar-refractivity contribution in [1.29, 1.82) is 0 Å². The first-order valence-corrected chi connectivity index (χ1v) is 7.69. The lowest BCUT2D eigenvalue weighted by molar-refractivity contribution is -0.126. The second-order valence-corrected chi connectivity index (χ2v) is 6.54. The van der Waals surface area contributed by atoms with Gasteiger partial charge in [0.2, 0.25) is 11.8 Å². The summed E-state index contributed by atoms with van der Waals surface area (Å²) in [5.74, 6) is -0.430. The van der Waals surface area contributed by atoms with Crippen LogP contribution in [-0.2, 0) is 14.3 Å². The molecular formula is C15H27N3O4. The summed E-state index contributed by atoms with van der Waals surface area (Å²) in [6, 6.07) is 0. The third-order valence-electron chi connectivity index (χ3n) is 3.24. The summed E-state index contributed by atoms with van der Waals surface area (Å²) < 4.78 is 5.34. The van der Waals surface area contributed by atoms with Gasteiger partial charge in [-0.3, -0.25) is 9.59 Å². The molecule has 3 amide bonds. The lowest BCUT2D eigenvalue weighted by Crippen LogP contribution is -2.47. The number of amides is 3. The molecule has 0 aliphatic carbocycles. The first-order valence-electron chi connectivity index (χ1n) is 7.69. The van der Waals surface area contributed by atoms with Crippen LogP contribution >= 0.6 is 0 Å². The van der Waals surface area contributed by atoms with Crippen molar-refractivity contribution in [2.75, 3.05) is 26.2 Å². The van der Waals surface area contributed by atoms with E-state index in [0.717, 1.165) is 12.8 Å². The smallest absolute Gasteiger partial charge is 0.410 e. The van der Waals surface area contributed by atoms with Gasteiger partial charge in [0.15, 0.2) is 0 Å². The van der Waals surface area contributed by atoms with Crippen LogP contribution in [0.1, 0.15) is 40.5 Å². The van der Waals surface area contributed by atoms with Crippen LogP contribution in [0.3, 0.4) is 0 Å². The largest absolute Gasteiger partial charge is 0.444 e. The van der Waals surface area contributed by atoms with E-state index >= 15 is 0 Å². The van der Waals surface area contributed by atoms with Crippen LogP contribution in [0, 0.1) is 5.92 Å². The van der Waals surface area contributed by atoms with E-state index in [0.29, 0.717) is 26.2 Å². The van der Waals surface area contributed by atoms with Gasteiger partial charge < -0.3 is 20.3 Å². The molecule has 7 nitrogen and oxygen atoms in total. The molecular weight excluding hydrogens is 286 g/mol. The number of carbonyl (C=O) groups is 3. The van der Waals surface area contributed by atoms with Crippen LogP contribution < -0.4 is 10.6 Å². The molecule has 0 bridgehead atoms. The molecule has 7 heteroatoms. The predicted octanol–water partition coefficient (Wildman–Crippen LogP) is 0.886. The van der Waals surface area contributed by atoms with Crippen LogP contribution in [0.4, 0.5) is 4.79 Å². The molecule has 0 aromatic carbocycles. The van der Waals surface area contributed by atoms with Gasteiger partial charge in [-0.2, -0.15) is 0 Å². The Morgan fingerprint density at radius 3 is 2.41 bits per heavy atom. The molecule has 126 valence electrons. The molecule has 1 rings (SSSR count). The minimum Gasteiger partial charge on any atom is -0.444 e. The topological polar surface area (TPSA) is 87.7 Å². The second kappa shape index (κ2) is 8.00. The van der Waals surface area contributed by atoms with Gasteiger partial charge >= 0.3 is 6.09 Å². The van der Waals surface area contributed by atoms with Gasteiger partial charge in [-0.1, -0.05) is 0 Å². The van der Waals surface area contributed by atoms with Crippen LogP contribution in [0.2, 0.25) is 0 Å². The minimum absolute atomic E-state index is 0.0846. The van der Waals surface area contributed by atoms with E-state index in [1.54, 1.807) is 4.90 Å². The van der Waals surface area contributed by atoms with Crippen molar-refractivity contribution in [2.24, 2.45) is 5.92 Å². The highest BCUT2D eigenvalue weighted by atomic mass is 16.6. The molecule has 1 unspecified atom stereocenters. The summed E-state index contributed by atoms with van der Waals surface area (Å²) in [7, 11) is 0. The Balaban J connectivity index is 2.40. The lowest BCUT2D eigenvalue weighted by atomic mass is 9.97. The van der Waals surface area contributed by atoms with E-state index in [1.807, 2.05) is 20.8 Å². The quantitative estimate of drug-likeness (QED) is 0.754. The maximum absolute atomic E-state index is 12.1. The molecule has 0 spiro atoms. The third kappa shape index (κ3) is 6.78. The van der Waals surface area contributed by atoms with E-state index in [2.05, 4.69) is 10.6 Å². The fourth-order valence-corrected chi connectivity index (χ4v) is 2.25. The van der Waals surface area contributed by atoms with Gasteiger partial charge in [-0.15, -0.1) is 0 Å². The zero-order valence-corrected chi connectivity index (χ0v) is 13.9. The average molecular weight is 313 g/mol. The summed E-state index contributed by atoms with van der Waals surface area (Å²) in [5, 5.41) is 5.40. The van der Waals surface area contributed by atoms with Crippen molar-refractivity contribution in [3.8, 4) is 0 Å². The monoisotopic (exact) mass is 313 g/mol. The zero-order chi connectivity index (χ0) is 16.8. The van der Waals surface area contributed by atoms with Gasteiger partial charge in [0, 0.05) is 33.1 Å². The molecule has 1 aliphatic heterocycles. The molecule has 1 fully saturated rings. The Kier molecular flexibility index (Phi) is 6.64. The number of ether oxygens (including phenoxy) is 1. The SMILES string of the molecule is CC(=O)NCCNC(=O)C1CCCN(C(=O)OC(C)(C)C)C1. The number of likely N-dealkylation sites (tertiary alicyclic amines) is 1. The van der Waals surface area contributed by atoms with Gasteiger partial charge in [0.05, 0.1) is 5.92 Å². The molecule has 0 radical (unpaired) electrons. The fraction of sp³-hybridized carbons (Fsp3) is 0.800. The summed E-state index contributed by atoms with van der Waals surface area (Å²) in [6.07, 6.45) is 1.16. The molecule has 0 saturated carbocycles. The van der Waals surface area contributed by atoms with Crippen LogP contribution in [-0.4, -0.2) is 54.6 Å². The average Bonchev–Trinajstić information content (AvgIpc) is 2.41. The van der Waals surface area contributed by atoms with Gasteiger partial charge in [0.25, 0.3) is 0 Å². The number of nitrogens with zero attached hydrogens (tertiary/aromatic N) is 1. The maximum Gasteiger partial charge on any atom is 0.410 e. The molecule has 1 aliphatic rings. The first kappa shape index (κ1) is 18.3. The third-order valence-corrected chi connectivity index (χ3v) is 3.24. The van der Waals surface area contributed by atoms with E-state index < -0.39 is 5.60 Å². The number of nitrogens with one attached hydrogen (secondary N) is 2. The molecule has 1 atom stereocenters. The lowest BCUT2D eigenvalue weighted by Gasteiger charge is -2.33. The van der Waals surface area contributed by atoms with Crippen LogP contribution in [0.5, 0.6) is 0 Å². The number of rotatable bonds is 4. The standard InChI is InChI=1S/C15H27N3O4/c1-11(19)16-7-8-17-13(20)12-6-5-9-18(10-12)14(21)22-15(2,3)4/h12H,5-10H2,1-4H3,(H,16,19)(H,17,20). The van der Waals surface area contributed by atoms with E-state index in [4.69, 9.17) is 4.74 Å². The van der Waals surface area contributed by atoms with Crippen molar-refractivity contribution < 1.29 is 19.1 Å². The van der Waals surface area contributed by atoms with Crippen molar-refractivity contribution in [3.05, 3.63) is 0 Å². The van der Waals surface area contributed by atoms with Gasteiger partial charge in [0.1, 0.15) is 5.60 Å². The molecule has 1 heterocycles. The molecule has 2 N–H and O–H groups in total. The van der Waals surface area contributed by atoms with Crippen molar-refractivity contribution >= 4 is 17.9 Å². The summed E-state index contributed by atoms with van der Waals surface area (Å²) in [4.78, 5) is 36.5. The molecule has 0 aromatic rings. The normalized spacial score (nSPS) is 18.5. The summed E-state index contributed by atoms with van der Waals surface area (Å²) in [5.41, 5.74) is -0.537. The fourth-order valence-electron chi connectivity index (χ4n) is 2.25. The van der Waals surface area contributed by atoms with E-state index in [9.17, 15) is 14.4 Å². The number of carbonyl (C=O) groups excluding carboxylic acids is 3. The van der Waals surface area contributed by atoms with Crippen molar-refractivity contribution in [1.82, 2.24) is 15.5 Å². The predicted molar refractivity (Wildman–Crippen MR) is 82.2 cm³/mol. The summed E-state index contributed by atoms with van der Waals surface area (Å²) in [6.45, 7) is 8.68. The maximum atomic E-state index is 12.1. The Hall–Kier alpha value is -1.79. The Labute approximate surface area is 131 Å². The van der Waals surface area contributed by atoms with E-state index in [1.165, 1.54) is 6.92 Å². The van der Waals surface area contributed by atoms with Crippen molar-refractivity contribution in [3.63, 3.8) is 0 Å². The highest BCUT2D eigenvalue weighted by molar-refractivity contribution is 5.80. The Morgan fingerprint density at radius 2 is 1.82 bits per heavy atom. The molecule has 22 heavy (non-hydrogen) atoms. The highest BCUT2D eigenvalue weighted by Gasteiger charge is 2.30. The first-order chi connectivity index (χ1) is 10.2. The molecule has 1 saturated heterocycles. The molecule has 0 aromatic heterocycles. The van der Waals surface area contributed by atoms with Crippen LogP contribution in [0.25, 0.3) is 0 Å². The zero-order valence-electron chi connectivity index (χ0n) is 13.9. The second-order valence-electron chi connectivity index (χ2n) is 6.54. The van der Waals surface area contributed by atoms with Gasteiger partial charge in [-0.05, 0) is 33.6 Å². The number of piperidine rings is 1. The van der Waals surface area contributed by atoms with E-state index in [-0.39, 0.29) is 23.8 Å². The Morgan fingerprint density at radius 1 is 1.18 bits per heavy atom. The van der Waals surface area contributed by atoms with Gasteiger partial charge in [-0.25, -0.2) is 4.79 Å². The summed E-state index contributed by atoms with van der Waals surface area (Å²) >= 11 is 0. The highest BCUT2D eigenvalue weighted by Crippen LogP contribution is 2.19. The Bertz CT molecular complexity index is 418. The van der Waals surface area contributed by atoms with Crippen LogP contribution in [0.15, 0.2) is 0 Å².